The van der Waals surface area contributed by atoms with Gasteiger partial charge in [0.1, 0.15) is 0 Å². The minimum absolute atomic E-state index is 0.384. The maximum Gasteiger partial charge on any atom is 0.175 e. The Morgan fingerprint density at radius 3 is 2.48 bits per heavy atom. The van der Waals surface area contributed by atoms with Gasteiger partial charge in [-0.2, -0.15) is 0 Å². The summed E-state index contributed by atoms with van der Waals surface area (Å²) in [6, 6.07) is 11.5. The highest BCUT2D eigenvalue weighted by molar-refractivity contribution is 7.90. The lowest BCUT2D eigenvalue weighted by Gasteiger charge is -2.33. The van der Waals surface area contributed by atoms with Gasteiger partial charge in [0.25, 0.3) is 0 Å². The third-order valence-corrected chi connectivity index (χ3v) is 5.57. The molecule has 0 radical (unpaired) electrons. The van der Waals surface area contributed by atoms with Crippen molar-refractivity contribution in [2.45, 2.75) is 30.2 Å². The molecule has 0 unspecified atom stereocenters. The van der Waals surface area contributed by atoms with Gasteiger partial charge >= 0.3 is 0 Å². The third kappa shape index (κ3) is 4.18. The standard InChI is InChI=1S/C18H22N2O2S/c1-23(21,22)18-6-4-15(5-7-18)13-20-12-2-3-17(14-20)16-8-10-19-11-9-16/h4-11,17H,2-3,12-14H2,1H3/t17-/m1/s1. The molecule has 1 aliphatic heterocycles. The Morgan fingerprint density at radius 1 is 1.13 bits per heavy atom. The summed E-state index contributed by atoms with van der Waals surface area (Å²) in [5.74, 6) is 0.557. The third-order valence-electron chi connectivity index (χ3n) is 4.44. The van der Waals surface area contributed by atoms with E-state index in [1.807, 2.05) is 24.5 Å². The molecule has 5 heteroatoms. The Balaban J connectivity index is 1.66. The van der Waals surface area contributed by atoms with Crippen molar-refractivity contribution in [2.24, 2.45) is 0 Å². The molecule has 23 heavy (non-hydrogen) atoms. The zero-order valence-electron chi connectivity index (χ0n) is 13.4. The monoisotopic (exact) mass is 330 g/mol. The van der Waals surface area contributed by atoms with E-state index in [1.165, 1.54) is 24.7 Å². The van der Waals surface area contributed by atoms with Crippen LogP contribution in [0.4, 0.5) is 0 Å². The first-order valence-electron chi connectivity index (χ1n) is 7.93. The Hall–Kier alpha value is -1.72. The molecule has 0 aliphatic carbocycles. The molecular weight excluding hydrogens is 308 g/mol. The van der Waals surface area contributed by atoms with Crippen molar-refractivity contribution >= 4 is 9.84 Å². The fourth-order valence-corrected chi connectivity index (χ4v) is 3.84. The number of hydrogen-bond acceptors (Lipinski definition) is 4. The van der Waals surface area contributed by atoms with E-state index in [1.54, 1.807) is 12.1 Å². The molecule has 2 heterocycles. The lowest BCUT2D eigenvalue weighted by molar-refractivity contribution is 0.200. The quantitative estimate of drug-likeness (QED) is 0.865. The second-order valence-electron chi connectivity index (χ2n) is 6.27. The van der Waals surface area contributed by atoms with E-state index in [0.717, 1.165) is 25.2 Å². The van der Waals surface area contributed by atoms with Gasteiger partial charge in [0, 0.05) is 31.7 Å². The van der Waals surface area contributed by atoms with E-state index in [2.05, 4.69) is 22.0 Å². The van der Waals surface area contributed by atoms with Gasteiger partial charge in [0.2, 0.25) is 0 Å². The van der Waals surface area contributed by atoms with Crippen LogP contribution in [0.3, 0.4) is 0 Å². The number of aromatic nitrogens is 1. The van der Waals surface area contributed by atoms with Crippen LogP contribution in [0.1, 0.15) is 29.9 Å². The lowest BCUT2D eigenvalue weighted by atomic mass is 9.91. The Bertz CT molecular complexity index is 742. The molecule has 2 aromatic rings. The van der Waals surface area contributed by atoms with Gasteiger partial charge in [-0.25, -0.2) is 8.42 Å². The predicted octanol–water partition coefficient (Wildman–Crippen LogP) is 2.86. The van der Waals surface area contributed by atoms with Gasteiger partial charge < -0.3 is 0 Å². The van der Waals surface area contributed by atoms with Gasteiger partial charge in [-0.3, -0.25) is 9.88 Å². The first kappa shape index (κ1) is 16.1. The molecular formula is C18H22N2O2S. The molecule has 0 spiro atoms. The predicted molar refractivity (Wildman–Crippen MR) is 91.0 cm³/mol. The molecule has 1 aromatic carbocycles. The summed E-state index contributed by atoms with van der Waals surface area (Å²) in [5, 5.41) is 0. The highest BCUT2D eigenvalue weighted by Gasteiger charge is 2.21. The maximum atomic E-state index is 11.5. The highest BCUT2D eigenvalue weighted by atomic mass is 32.2. The summed E-state index contributed by atoms with van der Waals surface area (Å²) < 4.78 is 23.0. The largest absolute Gasteiger partial charge is 0.298 e. The number of likely N-dealkylation sites (tertiary alicyclic amines) is 1. The number of sulfone groups is 1. The molecule has 1 atom stereocenters. The number of nitrogens with zero attached hydrogens (tertiary/aromatic N) is 2. The van der Waals surface area contributed by atoms with Gasteiger partial charge in [0.15, 0.2) is 9.84 Å². The van der Waals surface area contributed by atoms with Crippen molar-refractivity contribution in [3.05, 3.63) is 59.9 Å². The Morgan fingerprint density at radius 2 is 1.83 bits per heavy atom. The average Bonchev–Trinajstić information content (AvgIpc) is 2.56. The summed E-state index contributed by atoms with van der Waals surface area (Å²) in [4.78, 5) is 6.92. The second-order valence-corrected chi connectivity index (χ2v) is 8.29. The van der Waals surface area contributed by atoms with E-state index < -0.39 is 9.84 Å². The first-order chi connectivity index (χ1) is 11.0. The van der Waals surface area contributed by atoms with Crippen molar-refractivity contribution in [1.29, 1.82) is 0 Å². The molecule has 0 saturated carbocycles. The normalized spacial score (nSPS) is 19.6. The van der Waals surface area contributed by atoms with Crippen LogP contribution in [0, 0.1) is 0 Å². The molecule has 0 bridgehead atoms. The molecule has 1 aromatic heterocycles. The summed E-state index contributed by atoms with van der Waals surface area (Å²) in [5.41, 5.74) is 2.52. The first-order valence-corrected chi connectivity index (χ1v) is 9.83. The highest BCUT2D eigenvalue weighted by Crippen LogP contribution is 2.27. The van der Waals surface area contributed by atoms with Crippen molar-refractivity contribution in [3.8, 4) is 0 Å². The van der Waals surface area contributed by atoms with Crippen LogP contribution in [-0.2, 0) is 16.4 Å². The number of pyridine rings is 1. The Labute approximate surface area is 138 Å². The number of benzene rings is 1. The van der Waals surface area contributed by atoms with Crippen LogP contribution in [0.25, 0.3) is 0 Å². The zero-order chi connectivity index (χ0) is 16.3. The molecule has 122 valence electrons. The van der Waals surface area contributed by atoms with Crippen molar-refractivity contribution in [1.82, 2.24) is 9.88 Å². The van der Waals surface area contributed by atoms with Gasteiger partial charge in [-0.1, -0.05) is 12.1 Å². The van der Waals surface area contributed by atoms with Crippen molar-refractivity contribution in [3.63, 3.8) is 0 Å². The summed E-state index contributed by atoms with van der Waals surface area (Å²) in [6.07, 6.45) is 7.37. The van der Waals surface area contributed by atoms with E-state index >= 15 is 0 Å². The van der Waals surface area contributed by atoms with Gasteiger partial charge in [-0.05, 0) is 60.7 Å². The smallest absolute Gasteiger partial charge is 0.175 e. The van der Waals surface area contributed by atoms with E-state index in [4.69, 9.17) is 0 Å². The van der Waals surface area contributed by atoms with Crippen LogP contribution in [0.15, 0.2) is 53.7 Å². The fraction of sp³-hybridized carbons (Fsp3) is 0.389. The molecule has 1 saturated heterocycles. The van der Waals surface area contributed by atoms with E-state index in [9.17, 15) is 8.42 Å². The zero-order valence-corrected chi connectivity index (χ0v) is 14.2. The van der Waals surface area contributed by atoms with Gasteiger partial charge in [0.05, 0.1) is 4.90 Å². The number of rotatable bonds is 4. The number of piperidine rings is 1. The van der Waals surface area contributed by atoms with Crippen LogP contribution in [0.2, 0.25) is 0 Å². The van der Waals surface area contributed by atoms with Crippen LogP contribution < -0.4 is 0 Å². The average molecular weight is 330 g/mol. The maximum absolute atomic E-state index is 11.5. The molecule has 1 aliphatic rings. The van der Waals surface area contributed by atoms with E-state index in [-0.39, 0.29) is 0 Å². The summed E-state index contributed by atoms with van der Waals surface area (Å²) in [7, 11) is -3.12. The Kier molecular flexibility index (Phi) is 4.78. The van der Waals surface area contributed by atoms with Gasteiger partial charge in [-0.15, -0.1) is 0 Å². The summed E-state index contributed by atoms with van der Waals surface area (Å²) in [6.45, 7) is 3.00. The van der Waals surface area contributed by atoms with Crippen molar-refractivity contribution < 1.29 is 8.42 Å². The minimum Gasteiger partial charge on any atom is -0.298 e. The SMILES string of the molecule is CS(=O)(=O)c1ccc(CN2CCC[C@@H](c3ccncc3)C2)cc1. The van der Waals surface area contributed by atoms with Crippen LogP contribution in [0.5, 0.6) is 0 Å². The molecule has 1 fully saturated rings. The molecule has 0 amide bonds. The summed E-state index contributed by atoms with van der Waals surface area (Å²) >= 11 is 0. The van der Waals surface area contributed by atoms with E-state index in [0.29, 0.717) is 10.8 Å². The second kappa shape index (κ2) is 6.81. The van der Waals surface area contributed by atoms with Crippen LogP contribution in [-0.4, -0.2) is 37.6 Å². The lowest BCUT2D eigenvalue weighted by Crippen LogP contribution is -2.33. The van der Waals surface area contributed by atoms with Crippen molar-refractivity contribution in [2.75, 3.05) is 19.3 Å². The molecule has 4 nitrogen and oxygen atoms in total. The fourth-order valence-electron chi connectivity index (χ4n) is 3.21. The topological polar surface area (TPSA) is 50.3 Å². The molecule has 3 rings (SSSR count). The number of hydrogen-bond donors (Lipinski definition) is 0. The minimum atomic E-state index is -3.12. The van der Waals surface area contributed by atoms with Crippen LogP contribution >= 0.6 is 0 Å². The molecule has 0 N–H and O–H groups in total.